The van der Waals surface area contributed by atoms with Gasteiger partial charge in [0.2, 0.25) is 5.91 Å². The van der Waals surface area contributed by atoms with E-state index in [2.05, 4.69) is 10.6 Å². The summed E-state index contributed by atoms with van der Waals surface area (Å²) in [6, 6.07) is 8.36. The molecule has 3 aliphatic heterocycles. The maximum absolute atomic E-state index is 13.1. The van der Waals surface area contributed by atoms with Gasteiger partial charge in [0.25, 0.3) is 5.91 Å². The van der Waals surface area contributed by atoms with Gasteiger partial charge in [-0.05, 0) is 37.6 Å². The Bertz CT molecular complexity index is 1550. The number of aryl methyl sites for hydroxylation is 2. The van der Waals surface area contributed by atoms with Crippen LogP contribution in [-0.2, 0) is 30.3 Å². The maximum Gasteiger partial charge on any atom is 0.352 e. The Morgan fingerprint density at radius 2 is 1.74 bits per heavy atom. The maximum atomic E-state index is 13.1. The van der Waals surface area contributed by atoms with E-state index in [1.165, 1.54) is 23.7 Å². The lowest BCUT2D eigenvalue weighted by Gasteiger charge is -2.49. The predicted octanol–water partition coefficient (Wildman–Crippen LogP) is 1.55. The lowest BCUT2D eigenvalue weighted by atomic mass is 10.0. The molecule has 0 radical (unpaired) electrons. The Morgan fingerprint density at radius 3 is 2.42 bits per heavy atom. The molecule has 15 heteroatoms. The third-order valence-electron chi connectivity index (χ3n) is 7.33. The van der Waals surface area contributed by atoms with Crippen molar-refractivity contribution in [2.45, 2.75) is 38.6 Å². The first-order chi connectivity index (χ1) is 20.5. The molecular weight excluding hydrogens is 580 g/mol. The number of carbonyl (C=O) groups excluding carboxylic acids is 5. The molecule has 0 aliphatic carbocycles. The van der Waals surface area contributed by atoms with E-state index < -0.39 is 47.2 Å². The molecule has 1 aromatic carbocycles. The number of β-lactam (4-membered cyclic amide) rings is 1. The summed E-state index contributed by atoms with van der Waals surface area (Å²) < 4.78 is 6.70. The number of amides is 6. The number of hydrogen-bond donors (Lipinski definition) is 3. The second-order valence-electron chi connectivity index (χ2n) is 10.2. The number of carboxylic acids is 1. The number of fused-ring (bicyclic) bond motifs is 1. The number of aromatic nitrogens is 1. The molecule has 3 N–H and O–H groups in total. The molecule has 6 amide bonds. The van der Waals surface area contributed by atoms with E-state index in [4.69, 9.17) is 4.74 Å². The van der Waals surface area contributed by atoms with Crippen LogP contribution in [0.4, 0.5) is 15.3 Å². The largest absolute Gasteiger partial charge is 0.477 e. The number of rotatable bonds is 8. The van der Waals surface area contributed by atoms with Crippen molar-refractivity contribution in [2.24, 2.45) is 0 Å². The molecule has 2 fully saturated rings. The number of esters is 1. The summed E-state index contributed by atoms with van der Waals surface area (Å²) in [6.07, 6.45) is -0.182. The van der Waals surface area contributed by atoms with Gasteiger partial charge in [-0.15, -0.1) is 11.8 Å². The summed E-state index contributed by atoms with van der Waals surface area (Å²) in [5, 5.41) is 16.0. The Labute approximate surface area is 250 Å². The van der Waals surface area contributed by atoms with Crippen LogP contribution in [0.3, 0.4) is 0 Å². The number of carboxylic acid groups (broad SMARTS) is 1. The van der Waals surface area contributed by atoms with Gasteiger partial charge >= 0.3 is 24.0 Å². The van der Waals surface area contributed by atoms with E-state index >= 15 is 0 Å². The van der Waals surface area contributed by atoms with Crippen LogP contribution in [0, 0.1) is 13.8 Å². The lowest BCUT2D eigenvalue weighted by Crippen LogP contribution is -2.70. The van der Waals surface area contributed by atoms with Crippen molar-refractivity contribution in [2.75, 3.05) is 35.8 Å². The molecule has 43 heavy (non-hydrogen) atoms. The van der Waals surface area contributed by atoms with Crippen LogP contribution >= 0.6 is 11.8 Å². The number of carbonyl (C=O) groups is 6. The Balaban J connectivity index is 1.22. The fourth-order valence-electron chi connectivity index (χ4n) is 5.30. The highest BCUT2D eigenvalue weighted by molar-refractivity contribution is 8.00. The summed E-state index contributed by atoms with van der Waals surface area (Å²) in [5.74, 6) is -2.78. The zero-order valence-electron chi connectivity index (χ0n) is 23.7. The average molecular weight is 611 g/mol. The number of para-hydroxylation sites is 1. The topological polar surface area (TPSA) is 171 Å². The second kappa shape index (κ2) is 11.8. The molecule has 4 heterocycles. The first kappa shape index (κ1) is 29.7. The minimum Gasteiger partial charge on any atom is -0.477 e. The van der Waals surface area contributed by atoms with Crippen molar-refractivity contribution < 1.29 is 38.6 Å². The highest BCUT2D eigenvalue weighted by atomic mass is 32.2. The number of urea groups is 2. The van der Waals surface area contributed by atoms with Crippen LogP contribution < -0.4 is 15.6 Å². The van der Waals surface area contributed by atoms with Gasteiger partial charge in [0.05, 0.1) is 19.5 Å². The van der Waals surface area contributed by atoms with E-state index in [1.807, 2.05) is 26.0 Å². The van der Waals surface area contributed by atoms with Crippen LogP contribution in [-0.4, -0.2) is 92.3 Å². The first-order valence-electron chi connectivity index (χ1n) is 13.4. The van der Waals surface area contributed by atoms with Crippen LogP contribution in [0.2, 0.25) is 0 Å². The van der Waals surface area contributed by atoms with Crippen molar-refractivity contribution in [1.82, 2.24) is 19.8 Å². The van der Waals surface area contributed by atoms with Crippen LogP contribution in [0.15, 0.2) is 47.7 Å². The van der Waals surface area contributed by atoms with Crippen LogP contribution in [0.1, 0.15) is 23.9 Å². The molecule has 2 atom stereocenters. The number of anilines is 1. The molecular formula is C28H30N6O8S. The van der Waals surface area contributed by atoms with Gasteiger partial charge in [-0.3, -0.25) is 24.0 Å². The minimum atomic E-state index is -1.33. The number of thioether (sulfide) groups is 1. The minimum absolute atomic E-state index is 0.180. The number of nitrogens with zero attached hydrogens (tertiary/aromatic N) is 4. The number of hydrogen-bond acceptors (Lipinski definition) is 8. The number of imide groups is 1. The number of nitrogens with one attached hydrogen (secondary N) is 2. The molecule has 1 unspecified atom stereocenters. The van der Waals surface area contributed by atoms with Gasteiger partial charge in [0.1, 0.15) is 23.7 Å². The quantitative estimate of drug-likeness (QED) is 0.296. The van der Waals surface area contributed by atoms with Gasteiger partial charge in [0.15, 0.2) is 0 Å². The average Bonchev–Trinajstić information content (AvgIpc) is 3.50. The highest BCUT2D eigenvalue weighted by Crippen LogP contribution is 2.40. The van der Waals surface area contributed by atoms with Crippen LogP contribution in [0.5, 0.6) is 0 Å². The summed E-state index contributed by atoms with van der Waals surface area (Å²) >= 11 is 1.26. The van der Waals surface area contributed by atoms with Crippen molar-refractivity contribution in [3.63, 3.8) is 0 Å². The number of ether oxygens (including phenoxy) is 1. The van der Waals surface area contributed by atoms with Gasteiger partial charge in [0, 0.05) is 35.3 Å². The number of benzene rings is 1. The SMILES string of the molecule is CC(=O)OCC1=C(C(=O)O)N2C(=O)C(NC(=O)Cc3ccccc3NC(=O)N3CCN(n4c(C)ccc4C)C3=O)[C@H]2SC1. The Kier molecular flexibility index (Phi) is 8.17. The summed E-state index contributed by atoms with van der Waals surface area (Å²) in [6.45, 7) is 5.21. The normalized spacial score (nSPS) is 19.7. The molecule has 2 saturated heterocycles. The molecule has 0 saturated carbocycles. The number of aliphatic carboxylic acids is 1. The summed E-state index contributed by atoms with van der Waals surface area (Å²) in [7, 11) is 0. The molecule has 5 rings (SSSR count). The fraction of sp³-hybridized carbons (Fsp3) is 0.357. The Morgan fingerprint density at radius 1 is 1.05 bits per heavy atom. The third kappa shape index (κ3) is 5.67. The fourth-order valence-corrected chi connectivity index (χ4v) is 6.63. The predicted molar refractivity (Wildman–Crippen MR) is 155 cm³/mol. The van der Waals surface area contributed by atoms with E-state index in [0.717, 1.165) is 21.2 Å². The molecule has 226 valence electrons. The van der Waals surface area contributed by atoms with Gasteiger partial charge in [-0.25, -0.2) is 24.3 Å². The van der Waals surface area contributed by atoms with Crippen molar-refractivity contribution in [3.8, 4) is 0 Å². The highest BCUT2D eigenvalue weighted by Gasteiger charge is 2.54. The standard InChI is InChI=1S/C28H30N6O8S/c1-15-8-9-16(2)34(15)32-11-10-31(28(32)41)27(40)29-20-7-5-4-6-18(20)12-21(36)30-22-24(37)33-23(26(38)39)19(13-42-17(3)35)14-43-25(22)33/h4-9,22,25H,10-14H2,1-3H3,(H,29,40)(H,30,36)(H,38,39)/t22?,25-/m1/s1. The first-order valence-corrected chi connectivity index (χ1v) is 14.5. The molecule has 14 nitrogen and oxygen atoms in total. The molecule has 1 aromatic heterocycles. The van der Waals surface area contributed by atoms with E-state index in [-0.39, 0.29) is 31.0 Å². The van der Waals surface area contributed by atoms with Gasteiger partial charge in [-0.1, -0.05) is 18.2 Å². The molecule has 0 spiro atoms. The van der Waals surface area contributed by atoms with E-state index in [1.54, 1.807) is 28.9 Å². The van der Waals surface area contributed by atoms with Crippen molar-refractivity contribution in [3.05, 3.63) is 64.6 Å². The summed E-state index contributed by atoms with van der Waals surface area (Å²) in [5.41, 5.74) is 2.57. The zero-order valence-corrected chi connectivity index (χ0v) is 24.5. The van der Waals surface area contributed by atoms with Crippen molar-refractivity contribution >= 4 is 53.3 Å². The Hall–Kier alpha value is -4.79. The zero-order chi connectivity index (χ0) is 31.0. The summed E-state index contributed by atoms with van der Waals surface area (Å²) in [4.78, 5) is 77.4. The second-order valence-corrected chi connectivity index (χ2v) is 11.3. The smallest absolute Gasteiger partial charge is 0.352 e. The van der Waals surface area contributed by atoms with E-state index in [0.29, 0.717) is 23.4 Å². The van der Waals surface area contributed by atoms with Gasteiger partial charge in [-0.2, -0.15) is 0 Å². The lowest BCUT2D eigenvalue weighted by molar-refractivity contribution is -0.151. The monoisotopic (exact) mass is 610 g/mol. The van der Waals surface area contributed by atoms with Gasteiger partial charge < -0.3 is 20.5 Å². The molecule has 3 aliphatic rings. The third-order valence-corrected chi connectivity index (χ3v) is 8.67. The van der Waals surface area contributed by atoms with E-state index in [9.17, 15) is 33.9 Å². The molecule has 2 aromatic rings. The molecule has 0 bridgehead atoms. The van der Waals surface area contributed by atoms with Crippen LogP contribution in [0.25, 0.3) is 0 Å². The van der Waals surface area contributed by atoms with Crippen molar-refractivity contribution in [1.29, 1.82) is 0 Å².